The van der Waals surface area contributed by atoms with E-state index < -0.39 is 0 Å². The molecule has 0 aliphatic rings. The number of benzene rings is 1. The Bertz CT molecular complexity index is 944. The highest BCUT2D eigenvalue weighted by molar-refractivity contribution is 5.75. The number of aryl methyl sites for hydroxylation is 1. The lowest BCUT2D eigenvalue weighted by molar-refractivity contribution is 0.112. The van der Waals surface area contributed by atoms with Crippen molar-refractivity contribution in [3.63, 3.8) is 0 Å². The zero-order valence-corrected chi connectivity index (χ0v) is 14.0. The maximum atomic E-state index is 12.3. The van der Waals surface area contributed by atoms with Gasteiger partial charge >= 0.3 is 11.7 Å². The zero-order chi connectivity index (χ0) is 17.8. The molecule has 0 saturated carbocycles. The summed E-state index contributed by atoms with van der Waals surface area (Å²) in [6.07, 6.45) is 0.780. The molecular formula is C17H18N4O4. The second-order valence-electron chi connectivity index (χ2n) is 5.51. The van der Waals surface area contributed by atoms with Gasteiger partial charge in [0.25, 0.3) is 0 Å². The molecule has 2 aromatic heterocycles. The van der Waals surface area contributed by atoms with Crippen LogP contribution in [0.15, 0.2) is 29.1 Å². The van der Waals surface area contributed by atoms with E-state index in [4.69, 9.17) is 9.47 Å². The number of aromatic nitrogens is 4. The predicted octanol–water partition coefficient (Wildman–Crippen LogP) is 1.31. The topological polar surface area (TPSA) is 99.1 Å². The van der Waals surface area contributed by atoms with Crippen LogP contribution in [0.25, 0.3) is 11.2 Å². The number of nitrogens with zero attached hydrogens (tertiary/aromatic N) is 3. The summed E-state index contributed by atoms with van der Waals surface area (Å²) in [4.78, 5) is 34.4. The third-order valence-corrected chi connectivity index (χ3v) is 3.76. The number of hydrogen-bond acceptors (Lipinski definition) is 6. The van der Waals surface area contributed by atoms with Gasteiger partial charge in [-0.05, 0) is 12.5 Å². The first-order chi connectivity index (χ1) is 12.1. The fourth-order valence-electron chi connectivity index (χ4n) is 2.46. The van der Waals surface area contributed by atoms with Crippen LogP contribution in [0, 0.1) is 6.92 Å². The molecule has 0 saturated heterocycles. The molecule has 0 aliphatic heterocycles. The number of nitrogens with one attached hydrogen (secondary N) is 1. The van der Waals surface area contributed by atoms with Crippen molar-refractivity contribution in [2.45, 2.75) is 13.5 Å². The van der Waals surface area contributed by atoms with Crippen LogP contribution in [0.3, 0.4) is 0 Å². The SMILES string of the molecule is COCCOc1nc(C)c2[nH]c(=O)n(Cc3ccc(C=O)cc3)c2n1. The van der Waals surface area contributed by atoms with E-state index >= 15 is 0 Å². The summed E-state index contributed by atoms with van der Waals surface area (Å²) in [5.41, 5.74) is 2.87. The van der Waals surface area contributed by atoms with Crippen LogP contribution in [-0.4, -0.2) is 46.1 Å². The van der Waals surface area contributed by atoms with Gasteiger partial charge in [0.1, 0.15) is 18.4 Å². The normalized spacial score (nSPS) is 11.0. The van der Waals surface area contributed by atoms with Crippen molar-refractivity contribution in [1.29, 1.82) is 0 Å². The molecular weight excluding hydrogens is 324 g/mol. The molecule has 130 valence electrons. The minimum absolute atomic E-state index is 0.200. The van der Waals surface area contributed by atoms with Gasteiger partial charge in [0, 0.05) is 12.7 Å². The molecule has 3 rings (SSSR count). The molecule has 0 aliphatic carbocycles. The minimum atomic E-state index is -0.277. The van der Waals surface area contributed by atoms with E-state index in [1.165, 1.54) is 4.57 Å². The molecule has 0 fully saturated rings. The maximum Gasteiger partial charge on any atom is 0.328 e. The van der Waals surface area contributed by atoms with Crippen molar-refractivity contribution in [2.75, 3.05) is 20.3 Å². The Balaban J connectivity index is 1.96. The molecule has 1 aromatic carbocycles. The van der Waals surface area contributed by atoms with E-state index in [2.05, 4.69) is 15.0 Å². The Morgan fingerprint density at radius 2 is 1.96 bits per heavy atom. The van der Waals surface area contributed by atoms with E-state index in [-0.39, 0.29) is 11.7 Å². The highest BCUT2D eigenvalue weighted by atomic mass is 16.5. The number of carbonyl (C=O) groups excluding carboxylic acids is 1. The summed E-state index contributed by atoms with van der Waals surface area (Å²) in [7, 11) is 1.58. The first-order valence-corrected chi connectivity index (χ1v) is 7.75. The zero-order valence-electron chi connectivity index (χ0n) is 14.0. The van der Waals surface area contributed by atoms with E-state index in [0.29, 0.717) is 42.2 Å². The minimum Gasteiger partial charge on any atom is -0.461 e. The van der Waals surface area contributed by atoms with Crippen LogP contribution >= 0.6 is 0 Å². The van der Waals surface area contributed by atoms with E-state index in [9.17, 15) is 9.59 Å². The number of methoxy groups -OCH3 is 1. The monoisotopic (exact) mass is 342 g/mol. The molecule has 0 amide bonds. The summed E-state index contributed by atoms with van der Waals surface area (Å²) in [6.45, 7) is 2.85. The molecule has 0 unspecified atom stereocenters. The highest BCUT2D eigenvalue weighted by Crippen LogP contribution is 2.16. The first kappa shape index (κ1) is 16.8. The smallest absolute Gasteiger partial charge is 0.328 e. The van der Waals surface area contributed by atoms with Gasteiger partial charge in [-0.25, -0.2) is 4.79 Å². The van der Waals surface area contributed by atoms with Gasteiger partial charge in [-0.1, -0.05) is 24.3 Å². The van der Waals surface area contributed by atoms with Crippen molar-refractivity contribution in [3.8, 4) is 6.01 Å². The maximum absolute atomic E-state index is 12.3. The van der Waals surface area contributed by atoms with Gasteiger partial charge in [0.15, 0.2) is 5.65 Å². The molecule has 0 spiro atoms. The Labute approximate surface area is 143 Å². The fraction of sp³-hybridized carbons (Fsp3) is 0.294. The Morgan fingerprint density at radius 3 is 2.64 bits per heavy atom. The first-order valence-electron chi connectivity index (χ1n) is 7.75. The Morgan fingerprint density at radius 1 is 1.20 bits per heavy atom. The summed E-state index contributed by atoms with van der Waals surface area (Å²) in [5, 5.41) is 0. The predicted molar refractivity (Wildman–Crippen MR) is 91.2 cm³/mol. The fourth-order valence-corrected chi connectivity index (χ4v) is 2.46. The second-order valence-corrected chi connectivity index (χ2v) is 5.51. The number of ether oxygens (including phenoxy) is 2. The molecule has 25 heavy (non-hydrogen) atoms. The average Bonchev–Trinajstić information content (AvgIpc) is 2.93. The average molecular weight is 342 g/mol. The van der Waals surface area contributed by atoms with Crippen molar-refractivity contribution in [3.05, 3.63) is 51.6 Å². The number of aromatic amines is 1. The van der Waals surface area contributed by atoms with Crippen LogP contribution in [-0.2, 0) is 11.3 Å². The van der Waals surface area contributed by atoms with E-state index in [1.54, 1.807) is 38.3 Å². The highest BCUT2D eigenvalue weighted by Gasteiger charge is 2.14. The number of hydrogen-bond donors (Lipinski definition) is 1. The lowest BCUT2D eigenvalue weighted by Crippen LogP contribution is -2.18. The number of imidazole rings is 1. The number of fused-ring (bicyclic) bond motifs is 1. The van der Waals surface area contributed by atoms with Gasteiger partial charge in [0.05, 0.1) is 18.8 Å². The van der Waals surface area contributed by atoms with Crippen molar-refractivity contribution >= 4 is 17.5 Å². The largest absolute Gasteiger partial charge is 0.461 e. The number of carbonyl (C=O) groups is 1. The molecule has 8 heteroatoms. The molecule has 0 atom stereocenters. The molecule has 2 heterocycles. The lowest BCUT2D eigenvalue weighted by atomic mass is 10.1. The quantitative estimate of drug-likeness (QED) is 0.513. The number of rotatable bonds is 7. The van der Waals surface area contributed by atoms with Crippen LogP contribution in [0.1, 0.15) is 21.6 Å². The standard InChI is InChI=1S/C17H18N4O4/c1-11-14-15(20-16(18-11)25-8-7-24-2)21(17(23)19-14)9-12-3-5-13(10-22)6-4-12/h3-6,10H,7-9H2,1-2H3,(H,19,23). The molecule has 3 aromatic rings. The number of aldehydes is 1. The van der Waals surface area contributed by atoms with E-state index in [1.807, 2.05) is 0 Å². The van der Waals surface area contributed by atoms with E-state index in [0.717, 1.165) is 11.8 Å². The van der Waals surface area contributed by atoms with Gasteiger partial charge < -0.3 is 14.5 Å². The summed E-state index contributed by atoms with van der Waals surface area (Å²) in [6, 6.07) is 7.23. The number of H-pyrrole nitrogens is 1. The molecule has 8 nitrogen and oxygen atoms in total. The van der Waals surface area contributed by atoms with Gasteiger partial charge in [0.2, 0.25) is 0 Å². The van der Waals surface area contributed by atoms with Crippen LogP contribution < -0.4 is 10.4 Å². The lowest BCUT2D eigenvalue weighted by Gasteiger charge is -2.07. The van der Waals surface area contributed by atoms with Crippen LogP contribution in [0.4, 0.5) is 0 Å². The van der Waals surface area contributed by atoms with Crippen molar-refractivity contribution in [1.82, 2.24) is 19.5 Å². The molecule has 1 N–H and O–H groups in total. The third-order valence-electron chi connectivity index (χ3n) is 3.76. The molecule has 0 radical (unpaired) electrons. The Hall–Kier alpha value is -3.00. The van der Waals surface area contributed by atoms with Crippen LogP contribution in [0.5, 0.6) is 6.01 Å². The summed E-state index contributed by atoms with van der Waals surface area (Å²) >= 11 is 0. The van der Waals surface area contributed by atoms with Crippen molar-refractivity contribution in [2.24, 2.45) is 0 Å². The van der Waals surface area contributed by atoms with Gasteiger partial charge in [-0.2, -0.15) is 9.97 Å². The van der Waals surface area contributed by atoms with Crippen LogP contribution in [0.2, 0.25) is 0 Å². The summed E-state index contributed by atoms with van der Waals surface area (Å²) in [5.74, 6) is 0. The van der Waals surface area contributed by atoms with Gasteiger partial charge in [-0.15, -0.1) is 0 Å². The Kier molecular flexibility index (Phi) is 4.90. The van der Waals surface area contributed by atoms with Gasteiger partial charge in [-0.3, -0.25) is 9.36 Å². The second kappa shape index (κ2) is 7.27. The summed E-state index contributed by atoms with van der Waals surface area (Å²) < 4.78 is 11.9. The third kappa shape index (κ3) is 3.58. The molecule has 0 bridgehead atoms. The van der Waals surface area contributed by atoms with Crippen molar-refractivity contribution < 1.29 is 14.3 Å².